The fraction of sp³-hybridized carbons (Fsp3) is 0.350. The first-order valence-electron chi connectivity index (χ1n) is 8.56. The summed E-state index contributed by atoms with van der Waals surface area (Å²) in [6, 6.07) is 20.7. The van der Waals surface area contributed by atoms with Gasteiger partial charge in [0, 0.05) is 18.8 Å². The highest BCUT2D eigenvalue weighted by atomic mass is 16.6. The SMILES string of the molecule is c1ccc(C(O/N=C2\C[NH+]3CCC2CC3)c2ccccc2)cc1. The summed E-state index contributed by atoms with van der Waals surface area (Å²) in [5, 5.41) is 4.61. The van der Waals surface area contributed by atoms with E-state index in [4.69, 9.17) is 4.84 Å². The van der Waals surface area contributed by atoms with Crippen molar-refractivity contribution in [2.45, 2.75) is 18.9 Å². The quantitative estimate of drug-likeness (QED) is 0.863. The Kier molecular flexibility index (Phi) is 4.12. The van der Waals surface area contributed by atoms with E-state index in [9.17, 15) is 0 Å². The number of hydrogen-bond donors (Lipinski definition) is 1. The number of benzene rings is 2. The first-order valence-corrected chi connectivity index (χ1v) is 8.56. The highest BCUT2D eigenvalue weighted by Crippen LogP contribution is 2.27. The van der Waals surface area contributed by atoms with E-state index in [-0.39, 0.29) is 6.10 Å². The molecule has 5 rings (SSSR count). The second-order valence-corrected chi connectivity index (χ2v) is 6.59. The van der Waals surface area contributed by atoms with Crippen molar-refractivity contribution in [1.29, 1.82) is 0 Å². The van der Waals surface area contributed by atoms with Gasteiger partial charge in [-0.05, 0) is 11.1 Å². The zero-order valence-corrected chi connectivity index (χ0v) is 13.3. The standard InChI is InChI=1S/C20H22N2O/c1-3-7-17(8-4-1)20(18-9-5-2-6-10-18)23-21-19-15-22-13-11-16(19)12-14-22/h1-10,16,20H,11-15H2/p+1/b21-19+. The minimum absolute atomic E-state index is 0.129. The molecule has 3 aliphatic heterocycles. The predicted molar refractivity (Wildman–Crippen MR) is 91.5 cm³/mol. The van der Waals surface area contributed by atoms with Gasteiger partial charge in [-0.2, -0.15) is 0 Å². The molecule has 0 aliphatic carbocycles. The highest BCUT2D eigenvalue weighted by molar-refractivity contribution is 5.88. The van der Waals surface area contributed by atoms with Crippen LogP contribution in [-0.4, -0.2) is 25.3 Å². The number of hydrogen-bond acceptors (Lipinski definition) is 2. The van der Waals surface area contributed by atoms with Gasteiger partial charge in [-0.3, -0.25) is 0 Å². The minimum Gasteiger partial charge on any atom is -0.383 e. The third kappa shape index (κ3) is 3.15. The van der Waals surface area contributed by atoms with Crippen molar-refractivity contribution in [2.24, 2.45) is 11.1 Å². The highest BCUT2D eigenvalue weighted by Gasteiger charge is 2.35. The Morgan fingerprint density at radius 3 is 1.91 bits per heavy atom. The fourth-order valence-corrected chi connectivity index (χ4v) is 3.73. The Labute approximate surface area is 137 Å². The summed E-state index contributed by atoms with van der Waals surface area (Å²) in [6.07, 6.45) is 2.40. The zero-order chi connectivity index (χ0) is 15.5. The van der Waals surface area contributed by atoms with Crippen molar-refractivity contribution >= 4 is 5.71 Å². The Bertz CT molecular complexity index is 621. The maximum Gasteiger partial charge on any atom is 0.177 e. The molecule has 23 heavy (non-hydrogen) atoms. The monoisotopic (exact) mass is 307 g/mol. The average molecular weight is 307 g/mol. The first kappa shape index (κ1) is 14.5. The van der Waals surface area contributed by atoms with Crippen LogP contribution >= 0.6 is 0 Å². The second-order valence-electron chi connectivity index (χ2n) is 6.59. The van der Waals surface area contributed by atoms with Crippen molar-refractivity contribution in [2.75, 3.05) is 19.6 Å². The molecule has 0 spiro atoms. The van der Waals surface area contributed by atoms with Crippen LogP contribution in [0, 0.1) is 5.92 Å². The third-order valence-corrected chi connectivity index (χ3v) is 5.08. The van der Waals surface area contributed by atoms with Gasteiger partial charge in [0.25, 0.3) is 0 Å². The number of quaternary nitrogens is 1. The van der Waals surface area contributed by atoms with Gasteiger partial charge >= 0.3 is 0 Å². The summed E-state index contributed by atoms with van der Waals surface area (Å²) >= 11 is 0. The van der Waals surface area contributed by atoms with Gasteiger partial charge in [-0.1, -0.05) is 65.8 Å². The maximum atomic E-state index is 6.08. The molecule has 118 valence electrons. The molecule has 3 aliphatic rings. The van der Waals surface area contributed by atoms with Gasteiger partial charge in [0.15, 0.2) is 6.10 Å². The normalized spacial score (nSPS) is 25.0. The van der Waals surface area contributed by atoms with Crippen LogP contribution in [-0.2, 0) is 4.84 Å². The molecule has 0 unspecified atom stereocenters. The number of fused-ring (bicyclic) bond motifs is 3. The van der Waals surface area contributed by atoms with E-state index in [0.29, 0.717) is 5.92 Å². The lowest BCUT2D eigenvalue weighted by Gasteiger charge is -2.36. The van der Waals surface area contributed by atoms with Crippen LogP contribution < -0.4 is 4.90 Å². The molecule has 2 aromatic carbocycles. The Morgan fingerprint density at radius 2 is 1.43 bits per heavy atom. The number of oxime groups is 1. The summed E-state index contributed by atoms with van der Waals surface area (Å²) < 4.78 is 0. The largest absolute Gasteiger partial charge is 0.383 e. The molecule has 3 heterocycles. The van der Waals surface area contributed by atoms with Crippen molar-refractivity contribution in [3.63, 3.8) is 0 Å². The van der Waals surface area contributed by atoms with Crippen LogP contribution in [0.15, 0.2) is 65.8 Å². The van der Waals surface area contributed by atoms with Gasteiger partial charge < -0.3 is 9.74 Å². The molecule has 3 heteroatoms. The molecule has 3 fully saturated rings. The molecule has 2 aromatic rings. The molecular weight excluding hydrogens is 284 g/mol. The number of nitrogens with zero attached hydrogens (tertiary/aromatic N) is 1. The predicted octanol–water partition coefficient (Wildman–Crippen LogP) is 2.46. The molecule has 3 saturated heterocycles. The first-order chi connectivity index (χ1) is 11.4. The number of piperidine rings is 3. The Balaban J connectivity index is 1.59. The van der Waals surface area contributed by atoms with E-state index >= 15 is 0 Å². The van der Waals surface area contributed by atoms with Gasteiger partial charge in [0.1, 0.15) is 12.3 Å². The van der Waals surface area contributed by atoms with Crippen molar-refractivity contribution < 1.29 is 9.74 Å². The molecule has 2 bridgehead atoms. The fourth-order valence-electron chi connectivity index (χ4n) is 3.73. The van der Waals surface area contributed by atoms with Crippen molar-refractivity contribution in [1.82, 2.24) is 0 Å². The van der Waals surface area contributed by atoms with E-state index < -0.39 is 0 Å². The summed E-state index contributed by atoms with van der Waals surface area (Å²) in [5.41, 5.74) is 3.56. The Morgan fingerprint density at radius 1 is 0.870 bits per heavy atom. The lowest BCUT2D eigenvalue weighted by atomic mass is 9.87. The second kappa shape index (κ2) is 6.55. The van der Waals surface area contributed by atoms with E-state index in [1.54, 1.807) is 4.90 Å². The van der Waals surface area contributed by atoms with Gasteiger partial charge in [-0.15, -0.1) is 0 Å². The summed E-state index contributed by atoms with van der Waals surface area (Å²) in [4.78, 5) is 7.74. The molecule has 0 amide bonds. The van der Waals surface area contributed by atoms with E-state index in [2.05, 4.69) is 53.7 Å². The maximum absolute atomic E-state index is 6.08. The van der Waals surface area contributed by atoms with E-state index in [1.807, 2.05) is 12.1 Å². The van der Waals surface area contributed by atoms with E-state index in [0.717, 1.165) is 17.7 Å². The van der Waals surface area contributed by atoms with Crippen LogP contribution in [0.3, 0.4) is 0 Å². The zero-order valence-electron chi connectivity index (χ0n) is 13.3. The smallest absolute Gasteiger partial charge is 0.177 e. The van der Waals surface area contributed by atoms with Crippen LogP contribution in [0.5, 0.6) is 0 Å². The molecular formula is C20H23N2O+. The van der Waals surface area contributed by atoms with Gasteiger partial charge in [0.05, 0.1) is 13.1 Å². The molecule has 1 N–H and O–H groups in total. The Hall–Kier alpha value is -2.13. The van der Waals surface area contributed by atoms with Crippen LogP contribution in [0.25, 0.3) is 0 Å². The molecule has 0 radical (unpaired) electrons. The lowest BCUT2D eigenvalue weighted by Crippen LogP contribution is -3.16. The molecule has 0 saturated carbocycles. The van der Waals surface area contributed by atoms with Crippen LogP contribution in [0.4, 0.5) is 0 Å². The van der Waals surface area contributed by atoms with Gasteiger partial charge in [-0.25, -0.2) is 0 Å². The topological polar surface area (TPSA) is 26.0 Å². The van der Waals surface area contributed by atoms with Crippen molar-refractivity contribution in [3.05, 3.63) is 71.8 Å². The van der Waals surface area contributed by atoms with Crippen molar-refractivity contribution in [3.8, 4) is 0 Å². The molecule has 0 aromatic heterocycles. The molecule has 0 atom stereocenters. The van der Waals surface area contributed by atoms with Crippen LogP contribution in [0.2, 0.25) is 0 Å². The van der Waals surface area contributed by atoms with Gasteiger partial charge in [0.2, 0.25) is 0 Å². The third-order valence-electron chi connectivity index (χ3n) is 5.08. The number of nitrogens with one attached hydrogen (secondary N) is 1. The van der Waals surface area contributed by atoms with Crippen LogP contribution in [0.1, 0.15) is 30.1 Å². The summed E-state index contributed by atoms with van der Waals surface area (Å²) in [6.45, 7) is 3.65. The molecule has 3 nitrogen and oxygen atoms in total. The van der Waals surface area contributed by atoms with E-state index in [1.165, 1.54) is 31.6 Å². The minimum atomic E-state index is -0.129. The lowest BCUT2D eigenvalue weighted by molar-refractivity contribution is -0.902. The number of rotatable bonds is 4. The summed E-state index contributed by atoms with van der Waals surface area (Å²) in [7, 11) is 0. The average Bonchev–Trinajstić information content (AvgIpc) is 2.65. The summed E-state index contributed by atoms with van der Waals surface area (Å²) in [5.74, 6) is 0.639.